The molecule has 0 aliphatic carbocycles. The summed E-state index contributed by atoms with van der Waals surface area (Å²) in [6.07, 6.45) is 0. The fraction of sp³-hybridized carbons (Fsp3) is 0.200. The van der Waals surface area contributed by atoms with Crippen LogP contribution >= 0.6 is 0 Å². The van der Waals surface area contributed by atoms with Crippen LogP contribution in [0.1, 0.15) is 28.4 Å². The molecule has 1 rings (SSSR count). The summed E-state index contributed by atoms with van der Waals surface area (Å²) in [5, 5.41) is 19.5. The van der Waals surface area contributed by atoms with Gasteiger partial charge in [0.15, 0.2) is 5.78 Å². The summed E-state index contributed by atoms with van der Waals surface area (Å²) < 4.78 is 0. The highest BCUT2D eigenvalue weighted by Crippen LogP contribution is 2.26. The lowest BCUT2D eigenvalue weighted by molar-refractivity contribution is -0.385. The molecule has 0 heterocycles. The van der Waals surface area contributed by atoms with Gasteiger partial charge >= 0.3 is 0 Å². The molecule has 0 bridgehead atoms. The molecule has 0 aliphatic heterocycles. The summed E-state index contributed by atoms with van der Waals surface area (Å²) in [7, 11) is 0. The summed E-state index contributed by atoms with van der Waals surface area (Å²) >= 11 is 0. The molecule has 76 valence electrons. The minimum atomic E-state index is -0.692. The molecule has 5 heteroatoms. The average Bonchev–Trinajstić information content (AvgIpc) is 2.16. The Bertz CT molecular complexity index is 486. The van der Waals surface area contributed by atoms with Crippen molar-refractivity contribution in [2.24, 2.45) is 0 Å². The fourth-order valence-electron chi connectivity index (χ4n) is 1.42. The first-order valence-electron chi connectivity index (χ1n) is 4.18. The van der Waals surface area contributed by atoms with E-state index in [-0.39, 0.29) is 11.1 Å². The average molecular weight is 204 g/mol. The smallest absolute Gasteiger partial charge is 0.294 e. The molecule has 0 fully saturated rings. The van der Waals surface area contributed by atoms with E-state index in [4.69, 9.17) is 5.26 Å². The van der Waals surface area contributed by atoms with Gasteiger partial charge in [-0.2, -0.15) is 5.26 Å². The van der Waals surface area contributed by atoms with E-state index in [9.17, 15) is 14.9 Å². The van der Waals surface area contributed by atoms with Crippen LogP contribution < -0.4 is 0 Å². The van der Waals surface area contributed by atoms with E-state index in [1.807, 2.05) is 0 Å². The van der Waals surface area contributed by atoms with E-state index in [1.54, 1.807) is 13.0 Å². The lowest BCUT2D eigenvalue weighted by Gasteiger charge is -2.03. The van der Waals surface area contributed by atoms with Crippen molar-refractivity contribution in [2.75, 3.05) is 0 Å². The summed E-state index contributed by atoms with van der Waals surface area (Å²) in [5.74, 6) is -0.406. The number of hydrogen-bond acceptors (Lipinski definition) is 4. The Morgan fingerprint density at radius 2 is 2.13 bits per heavy atom. The van der Waals surface area contributed by atoms with E-state index in [0.29, 0.717) is 5.56 Å². The van der Waals surface area contributed by atoms with Gasteiger partial charge in [-0.1, -0.05) is 6.07 Å². The van der Waals surface area contributed by atoms with Crippen molar-refractivity contribution in [1.82, 2.24) is 0 Å². The lowest BCUT2D eigenvalue weighted by atomic mass is 9.99. The molecule has 0 saturated heterocycles. The monoisotopic (exact) mass is 204 g/mol. The van der Waals surface area contributed by atoms with Crippen molar-refractivity contribution < 1.29 is 9.72 Å². The standard InChI is InChI=1S/C10H8N2O3/c1-6-3-4-8(5-11)10(12(14)15)9(6)7(2)13/h3-4H,1-2H3. The van der Waals surface area contributed by atoms with Crippen LogP contribution in [0.3, 0.4) is 0 Å². The molecule has 0 N–H and O–H groups in total. The van der Waals surface area contributed by atoms with Gasteiger partial charge in [0.05, 0.1) is 10.5 Å². The predicted molar refractivity (Wildman–Crippen MR) is 52.6 cm³/mol. The Balaban J connectivity index is 3.68. The van der Waals surface area contributed by atoms with Crippen LogP contribution in [0.2, 0.25) is 0 Å². The van der Waals surface area contributed by atoms with Crippen LogP contribution in [-0.4, -0.2) is 10.7 Å². The third kappa shape index (κ3) is 1.83. The van der Waals surface area contributed by atoms with Gasteiger partial charge in [-0.15, -0.1) is 0 Å². The highest BCUT2D eigenvalue weighted by molar-refractivity contribution is 6.00. The number of nitrogens with zero attached hydrogens (tertiary/aromatic N) is 2. The number of nitriles is 1. The SMILES string of the molecule is CC(=O)c1c(C)ccc(C#N)c1[N+](=O)[O-]. The third-order valence-electron chi connectivity index (χ3n) is 2.04. The molecule has 0 spiro atoms. The van der Waals surface area contributed by atoms with E-state index >= 15 is 0 Å². The Kier molecular flexibility index (Phi) is 2.81. The number of nitro groups is 1. The second-order valence-corrected chi connectivity index (χ2v) is 3.08. The highest BCUT2D eigenvalue weighted by atomic mass is 16.6. The summed E-state index contributed by atoms with van der Waals surface area (Å²) in [6, 6.07) is 4.58. The van der Waals surface area contributed by atoms with Crippen LogP contribution in [0.25, 0.3) is 0 Å². The van der Waals surface area contributed by atoms with Crippen molar-refractivity contribution in [3.8, 4) is 6.07 Å². The van der Waals surface area contributed by atoms with Crippen molar-refractivity contribution in [3.63, 3.8) is 0 Å². The van der Waals surface area contributed by atoms with Gasteiger partial charge in [-0.05, 0) is 25.5 Å². The van der Waals surface area contributed by atoms with Crippen molar-refractivity contribution >= 4 is 11.5 Å². The van der Waals surface area contributed by atoms with Crippen molar-refractivity contribution in [1.29, 1.82) is 5.26 Å². The van der Waals surface area contributed by atoms with Crippen LogP contribution in [0.5, 0.6) is 0 Å². The van der Waals surface area contributed by atoms with Crippen molar-refractivity contribution in [3.05, 3.63) is 38.9 Å². The number of carbonyl (C=O) groups is 1. The zero-order valence-electron chi connectivity index (χ0n) is 8.27. The van der Waals surface area contributed by atoms with Gasteiger partial charge in [0, 0.05) is 0 Å². The molecule has 0 aliphatic rings. The summed E-state index contributed by atoms with van der Waals surface area (Å²) in [5.41, 5.74) is 0.0352. The highest BCUT2D eigenvalue weighted by Gasteiger charge is 2.24. The summed E-state index contributed by atoms with van der Waals surface area (Å²) in [4.78, 5) is 21.3. The summed E-state index contributed by atoms with van der Waals surface area (Å²) in [6.45, 7) is 2.85. The number of nitro benzene ring substituents is 1. The maximum absolute atomic E-state index is 11.2. The normalized spacial score (nSPS) is 9.40. The predicted octanol–water partition coefficient (Wildman–Crippen LogP) is 1.98. The number of ketones is 1. The Labute approximate surface area is 86.1 Å². The van der Waals surface area contributed by atoms with Gasteiger partial charge in [0.1, 0.15) is 11.6 Å². The molecule has 0 unspecified atom stereocenters. The number of Topliss-reactive ketones (excluding diaryl/α,β-unsaturated/α-hetero) is 1. The molecule has 15 heavy (non-hydrogen) atoms. The largest absolute Gasteiger partial charge is 0.298 e. The Morgan fingerprint density at radius 1 is 1.53 bits per heavy atom. The van der Waals surface area contributed by atoms with Crippen LogP contribution in [0.15, 0.2) is 12.1 Å². The first kappa shape index (κ1) is 10.9. The van der Waals surface area contributed by atoms with E-state index < -0.39 is 16.4 Å². The van der Waals surface area contributed by atoms with Gasteiger partial charge in [0.2, 0.25) is 0 Å². The number of rotatable bonds is 2. The minimum Gasteiger partial charge on any atom is -0.294 e. The van der Waals surface area contributed by atoms with Gasteiger partial charge in [-0.3, -0.25) is 14.9 Å². The molecule has 1 aromatic carbocycles. The fourth-order valence-corrected chi connectivity index (χ4v) is 1.42. The topological polar surface area (TPSA) is 84.0 Å². The van der Waals surface area contributed by atoms with Gasteiger partial charge in [-0.25, -0.2) is 0 Å². The van der Waals surface area contributed by atoms with E-state index in [1.165, 1.54) is 19.1 Å². The molecule has 0 amide bonds. The zero-order valence-corrected chi connectivity index (χ0v) is 8.27. The second kappa shape index (κ2) is 3.88. The molecule has 1 aromatic rings. The molecular weight excluding hydrogens is 196 g/mol. The molecule has 0 atom stereocenters. The molecule has 0 aromatic heterocycles. The second-order valence-electron chi connectivity index (χ2n) is 3.08. The van der Waals surface area contributed by atoms with Gasteiger partial charge < -0.3 is 0 Å². The quantitative estimate of drug-likeness (QED) is 0.418. The number of aryl methyl sites for hydroxylation is 1. The van der Waals surface area contributed by atoms with Crippen LogP contribution in [0, 0.1) is 28.4 Å². The zero-order chi connectivity index (χ0) is 11.6. The maximum Gasteiger partial charge on any atom is 0.298 e. The first-order valence-corrected chi connectivity index (χ1v) is 4.18. The van der Waals surface area contributed by atoms with Crippen LogP contribution in [0.4, 0.5) is 5.69 Å². The Morgan fingerprint density at radius 3 is 2.53 bits per heavy atom. The molecule has 0 radical (unpaired) electrons. The first-order chi connectivity index (χ1) is 6.99. The number of hydrogen-bond donors (Lipinski definition) is 0. The molecule has 0 saturated carbocycles. The van der Waals surface area contributed by atoms with Crippen molar-refractivity contribution in [2.45, 2.75) is 13.8 Å². The van der Waals surface area contributed by atoms with E-state index in [2.05, 4.69) is 0 Å². The van der Waals surface area contributed by atoms with Crippen LogP contribution in [-0.2, 0) is 0 Å². The Hall–Kier alpha value is -2.22. The lowest BCUT2D eigenvalue weighted by Crippen LogP contribution is -2.05. The molecule has 5 nitrogen and oxygen atoms in total. The van der Waals surface area contributed by atoms with E-state index in [0.717, 1.165) is 0 Å². The number of benzene rings is 1. The molecular formula is C10H8N2O3. The number of carbonyl (C=O) groups excluding carboxylic acids is 1. The third-order valence-corrected chi connectivity index (χ3v) is 2.04. The minimum absolute atomic E-state index is 0.0130. The van der Waals surface area contributed by atoms with Gasteiger partial charge in [0.25, 0.3) is 5.69 Å². The maximum atomic E-state index is 11.2.